The highest BCUT2D eigenvalue weighted by molar-refractivity contribution is 9.10. The van der Waals surface area contributed by atoms with E-state index in [9.17, 15) is 4.79 Å². The number of carbonyl (C=O) groups is 1. The first-order valence-corrected chi connectivity index (χ1v) is 5.83. The number of esters is 1. The first-order chi connectivity index (χ1) is 7.39. The second-order valence-electron chi connectivity index (χ2n) is 4.02. The Morgan fingerprint density at radius 2 is 1.94 bits per heavy atom. The lowest BCUT2D eigenvalue weighted by molar-refractivity contribution is -0.145. The molecule has 0 saturated carbocycles. The van der Waals surface area contributed by atoms with Crippen LogP contribution < -0.4 is 0 Å². The molecular weight excluding hydrogens is 272 g/mol. The van der Waals surface area contributed by atoms with E-state index in [0.29, 0.717) is 13.0 Å². The molecule has 1 aromatic carbocycles. The van der Waals surface area contributed by atoms with Gasteiger partial charge < -0.3 is 9.84 Å². The van der Waals surface area contributed by atoms with Gasteiger partial charge in [0.15, 0.2) is 0 Å². The van der Waals surface area contributed by atoms with Crippen LogP contribution in [-0.4, -0.2) is 22.0 Å². The zero-order valence-corrected chi connectivity index (χ0v) is 11.0. The van der Waals surface area contributed by atoms with Crippen molar-refractivity contribution in [1.29, 1.82) is 0 Å². The normalized spacial score (nSPS) is 11.2. The van der Waals surface area contributed by atoms with Crippen molar-refractivity contribution in [1.82, 2.24) is 0 Å². The minimum atomic E-state index is -0.637. The van der Waals surface area contributed by atoms with Gasteiger partial charge in [-0.15, -0.1) is 0 Å². The Bertz CT molecular complexity index is 352. The van der Waals surface area contributed by atoms with Crippen molar-refractivity contribution in [3.8, 4) is 5.75 Å². The van der Waals surface area contributed by atoms with Gasteiger partial charge in [-0.1, -0.05) is 28.1 Å². The number of alkyl halides is 1. The molecule has 0 aliphatic rings. The lowest BCUT2D eigenvalue weighted by Gasteiger charge is -2.14. The summed E-state index contributed by atoms with van der Waals surface area (Å²) in [5, 5.41) is 9.09. The monoisotopic (exact) mass is 286 g/mol. The largest absolute Gasteiger partial charge is 0.508 e. The molecule has 0 unspecified atom stereocenters. The number of phenols is 1. The third-order valence-corrected chi connectivity index (χ3v) is 2.37. The molecule has 88 valence electrons. The number of rotatable bonds is 4. The molecule has 0 amide bonds. The van der Waals surface area contributed by atoms with Gasteiger partial charge in [-0.25, -0.2) is 0 Å². The Hall–Kier alpha value is -1.03. The molecule has 0 aromatic heterocycles. The first-order valence-electron chi connectivity index (χ1n) is 5.03. The number of carbonyl (C=O) groups excluding carboxylic acids is 1. The predicted octanol–water partition coefficient (Wildman–Crippen LogP) is 2.65. The lowest BCUT2D eigenvalue weighted by atomic mass is 10.1. The van der Waals surface area contributed by atoms with Crippen LogP contribution in [0.15, 0.2) is 24.3 Å². The molecule has 0 radical (unpaired) electrons. The van der Waals surface area contributed by atoms with Crippen LogP contribution in [0.3, 0.4) is 0 Å². The van der Waals surface area contributed by atoms with E-state index in [-0.39, 0.29) is 11.7 Å². The van der Waals surface area contributed by atoms with E-state index < -0.39 is 4.32 Å². The summed E-state index contributed by atoms with van der Waals surface area (Å²) < 4.78 is 4.46. The van der Waals surface area contributed by atoms with Crippen LogP contribution in [0.5, 0.6) is 5.75 Å². The van der Waals surface area contributed by atoms with Gasteiger partial charge in [0.05, 0.1) is 6.61 Å². The van der Waals surface area contributed by atoms with Gasteiger partial charge in [0.1, 0.15) is 10.1 Å². The summed E-state index contributed by atoms with van der Waals surface area (Å²) in [7, 11) is 0. The Balaban J connectivity index is 2.36. The Labute approximate surface area is 104 Å². The number of phenolic OH excluding ortho intramolecular Hbond substituents is 1. The maximum atomic E-state index is 11.4. The zero-order chi connectivity index (χ0) is 12.2. The molecule has 0 heterocycles. The van der Waals surface area contributed by atoms with Crippen LogP contribution in [-0.2, 0) is 16.0 Å². The fourth-order valence-electron chi connectivity index (χ4n) is 1.10. The third-order valence-electron chi connectivity index (χ3n) is 2.05. The number of hydrogen-bond donors (Lipinski definition) is 1. The number of ether oxygens (including phenoxy) is 1. The molecule has 0 saturated heterocycles. The standard InChI is InChI=1S/C12H15BrO3/c1-12(2,13)11(15)16-8-7-9-3-5-10(14)6-4-9/h3-6,14H,7-8H2,1-2H3. The maximum absolute atomic E-state index is 11.4. The zero-order valence-electron chi connectivity index (χ0n) is 9.37. The molecule has 0 aliphatic carbocycles. The quantitative estimate of drug-likeness (QED) is 0.684. The predicted molar refractivity (Wildman–Crippen MR) is 65.8 cm³/mol. The molecule has 16 heavy (non-hydrogen) atoms. The van der Waals surface area contributed by atoms with Gasteiger partial charge in [-0.2, -0.15) is 0 Å². The van der Waals surface area contributed by atoms with Crippen molar-refractivity contribution in [3.05, 3.63) is 29.8 Å². The second kappa shape index (κ2) is 5.34. The van der Waals surface area contributed by atoms with E-state index >= 15 is 0 Å². The summed E-state index contributed by atoms with van der Waals surface area (Å²) in [6.45, 7) is 3.84. The summed E-state index contributed by atoms with van der Waals surface area (Å²) in [6.07, 6.45) is 0.648. The molecule has 1 rings (SSSR count). The fraction of sp³-hybridized carbons (Fsp3) is 0.417. The fourth-order valence-corrected chi connectivity index (χ4v) is 1.21. The number of hydrogen-bond acceptors (Lipinski definition) is 3. The van der Waals surface area contributed by atoms with E-state index in [1.165, 1.54) is 0 Å². The summed E-state index contributed by atoms with van der Waals surface area (Å²) in [5.74, 6) is -0.0337. The molecule has 0 bridgehead atoms. The third kappa shape index (κ3) is 4.23. The van der Waals surface area contributed by atoms with Gasteiger partial charge in [-0.3, -0.25) is 4.79 Å². The Morgan fingerprint density at radius 1 is 1.38 bits per heavy atom. The first kappa shape index (κ1) is 13.0. The van der Waals surface area contributed by atoms with Crippen molar-refractivity contribution in [2.45, 2.75) is 24.6 Å². The van der Waals surface area contributed by atoms with Crippen LogP contribution in [0.1, 0.15) is 19.4 Å². The summed E-state index contributed by atoms with van der Waals surface area (Å²) in [6, 6.07) is 6.85. The molecule has 4 heteroatoms. The topological polar surface area (TPSA) is 46.5 Å². The highest BCUT2D eigenvalue weighted by Crippen LogP contribution is 2.17. The average Bonchev–Trinajstić information content (AvgIpc) is 2.19. The van der Waals surface area contributed by atoms with E-state index in [2.05, 4.69) is 15.9 Å². The van der Waals surface area contributed by atoms with Gasteiger partial charge in [0.25, 0.3) is 0 Å². The molecule has 1 N–H and O–H groups in total. The van der Waals surface area contributed by atoms with E-state index in [1.54, 1.807) is 26.0 Å². The van der Waals surface area contributed by atoms with Gasteiger partial charge >= 0.3 is 5.97 Å². The van der Waals surface area contributed by atoms with E-state index in [4.69, 9.17) is 9.84 Å². The Morgan fingerprint density at radius 3 is 2.44 bits per heavy atom. The number of benzene rings is 1. The highest BCUT2D eigenvalue weighted by Gasteiger charge is 2.25. The van der Waals surface area contributed by atoms with E-state index in [0.717, 1.165) is 5.56 Å². The lowest BCUT2D eigenvalue weighted by Crippen LogP contribution is -2.27. The molecule has 0 aliphatic heterocycles. The summed E-state index contributed by atoms with van der Waals surface area (Å²) in [4.78, 5) is 11.4. The molecule has 3 nitrogen and oxygen atoms in total. The smallest absolute Gasteiger partial charge is 0.322 e. The van der Waals surface area contributed by atoms with Gasteiger partial charge in [0, 0.05) is 6.42 Å². The van der Waals surface area contributed by atoms with Crippen molar-refractivity contribution >= 4 is 21.9 Å². The van der Waals surface area contributed by atoms with Gasteiger partial charge in [-0.05, 0) is 31.5 Å². The van der Waals surface area contributed by atoms with Crippen LogP contribution in [0.25, 0.3) is 0 Å². The Kier molecular flexibility index (Phi) is 4.35. The maximum Gasteiger partial charge on any atom is 0.322 e. The molecule has 0 fully saturated rings. The molecule has 0 spiro atoms. The van der Waals surface area contributed by atoms with Gasteiger partial charge in [0.2, 0.25) is 0 Å². The van der Waals surface area contributed by atoms with Crippen LogP contribution in [0.4, 0.5) is 0 Å². The van der Waals surface area contributed by atoms with Crippen LogP contribution in [0, 0.1) is 0 Å². The summed E-state index contributed by atoms with van der Waals surface area (Å²) in [5.41, 5.74) is 1.03. The molecule has 0 atom stereocenters. The highest BCUT2D eigenvalue weighted by atomic mass is 79.9. The van der Waals surface area contributed by atoms with Crippen molar-refractivity contribution in [2.24, 2.45) is 0 Å². The van der Waals surface area contributed by atoms with Crippen molar-refractivity contribution < 1.29 is 14.6 Å². The summed E-state index contributed by atoms with van der Waals surface area (Å²) >= 11 is 3.23. The minimum absolute atomic E-state index is 0.238. The van der Waals surface area contributed by atoms with Crippen molar-refractivity contribution in [3.63, 3.8) is 0 Å². The minimum Gasteiger partial charge on any atom is -0.508 e. The number of aromatic hydroxyl groups is 1. The van der Waals surface area contributed by atoms with Crippen LogP contribution in [0.2, 0.25) is 0 Å². The van der Waals surface area contributed by atoms with Crippen molar-refractivity contribution in [2.75, 3.05) is 6.61 Å². The average molecular weight is 287 g/mol. The number of halogens is 1. The molecule has 1 aromatic rings. The van der Waals surface area contributed by atoms with E-state index in [1.807, 2.05) is 12.1 Å². The SMILES string of the molecule is CC(C)(Br)C(=O)OCCc1ccc(O)cc1. The molecular formula is C12H15BrO3. The van der Waals surface area contributed by atoms with Crippen LogP contribution >= 0.6 is 15.9 Å². The second-order valence-corrected chi connectivity index (χ2v) is 6.01.